The fourth-order valence-electron chi connectivity index (χ4n) is 4.95. The summed E-state index contributed by atoms with van der Waals surface area (Å²) in [4.78, 5) is 8.89. The molecule has 2 heteroatoms. The van der Waals surface area contributed by atoms with Crippen LogP contribution in [0.15, 0.2) is 60.9 Å². The van der Waals surface area contributed by atoms with Crippen molar-refractivity contribution in [3.8, 4) is 11.4 Å². The Morgan fingerprint density at radius 1 is 0.706 bits per heavy atom. The Hall–Kier alpha value is -2.48. The Morgan fingerprint density at radius 3 is 1.85 bits per heavy atom. The van der Waals surface area contributed by atoms with Crippen LogP contribution in [0, 0.1) is 19.8 Å². The van der Waals surface area contributed by atoms with E-state index in [-0.39, 0.29) is 0 Å². The molecule has 2 nitrogen and oxygen atoms in total. The van der Waals surface area contributed by atoms with Gasteiger partial charge in [-0.1, -0.05) is 99.2 Å². The van der Waals surface area contributed by atoms with Gasteiger partial charge in [0.05, 0.1) is 0 Å². The minimum atomic E-state index is 0.814. The molecule has 0 spiro atoms. The van der Waals surface area contributed by atoms with E-state index in [2.05, 4.69) is 86.2 Å². The second-order valence-electron chi connectivity index (χ2n) is 10.2. The molecule has 0 amide bonds. The summed E-state index contributed by atoms with van der Waals surface area (Å²) in [5.74, 6) is 2.68. The normalized spacial score (nSPS) is 17.6. The van der Waals surface area contributed by atoms with Gasteiger partial charge in [0.25, 0.3) is 0 Å². The zero-order valence-corrected chi connectivity index (χ0v) is 21.9. The van der Waals surface area contributed by atoms with E-state index in [0.717, 1.165) is 29.6 Å². The van der Waals surface area contributed by atoms with E-state index in [4.69, 9.17) is 0 Å². The molecule has 0 saturated heterocycles. The number of hydrogen-bond acceptors (Lipinski definition) is 2. The smallest absolute Gasteiger partial charge is 0.159 e. The van der Waals surface area contributed by atoms with Gasteiger partial charge in [0.15, 0.2) is 5.82 Å². The molecule has 1 aliphatic rings. The predicted molar refractivity (Wildman–Crippen MR) is 146 cm³/mol. The predicted octanol–water partition coefficient (Wildman–Crippen LogP) is 9.25. The number of nitrogens with zero attached hydrogens (tertiary/aromatic N) is 2. The van der Waals surface area contributed by atoms with Crippen molar-refractivity contribution in [2.45, 2.75) is 97.8 Å². The van der Waals surface area contributed by atoms with Crippen LogP contribution in [0.4, 0.5) is 0 Å². The van der Waals surface area contributed by atoms with Crippen LogP contribution in [-0.2, 0) is 6.42 Å². The van der Waals surface area contributed by atoms with Crippen molar-refractivity contribution in [3.63, 3.8) is 0 Å². The van der Waals surface area contributed by atoms with Crippen molar-refractivity contribution in [1.29, 1.82) is 0 Å². The molecule has 1 heterocycles. The lowest BCUT2D eigenvalue weighted by atomic mass is 9.77. The molecule has 1 fully saturated rings. The zero-order valence-electron chi connectivity index (χ0n) is 21.9. The average molecular weight is 457 g/mol. The number of unbranched alkanes of at least 4 members (excludes halogenated alkanes) is 2. The molecule has 1 aromatic heterocycles. The molecule has 1 aliphatic carbocycles. The van der Waals surface area contributed by atoms with Crippen molar-refractivity contribution >= 4 is 0 Å². The quantitative estimate of drug-likeness (QED) is 0.316. The molecular weight excluding hydrogens is 412 g/mol. The molecule has 0 N–H and O–H groups in total. The maximum absolute atomic E-state index is 4.45. The monoisotopic (exact) mass is 456 g/mol. The van der Waals surface area contributed by atoms with Crippen LogP contribution < -0.4 is 0 Å². The standard InChI is InChI=1S/C16H20N2.C16H24/c1-3-4-5-6-14-11-17-16(18-12-14)15-9-7-13(2)8-10-15;1-3-4-14-7-11-16(12-8-14)15-9-5-13(2)6-10-15/h7-12H,3-6H2,1-2H3;5-6,9-10,14,16H,3-4,7-8,11-12H2,1-2H3. The largest absolute Gasteiger partial charge is 0.236 e. The first-order chi connectivity index (χ1) is 16.6. The van der Waals surface area contributed by atoms with Gasteiger partial charge < -0.3 is 0 Å². The van der Waals surface area contributed by atoms with Gasteiger partial charge in [-0.05, 0) is 75.3 Å². The fourth-order valence-corrected chi connectivity index (χ4v) is 4.95. The number of rotatable bonds is 8. The van der Waals surface area contributed by atoms with Crippen LogP contribution in [0.3, 0.4) is 0 Å². The lowest BCUT2D eigenvalue weighted by Crippen LogP contribution is -2.13. The molecule has 0 unspecified atom stereocenters. The minimum absolute atomic E-state index is 0.814. The summed E-state index contributed by atoms with van der Waals surface area (Å²) in [6.45, 7) is 8.78. The van der Waals surface area contributed by atoms with Crippen LogP contribution in [0.2, 0.25) is 0 Å². The highest BCUT2D eigenvalue weighted by atomic mass is 14.9. The third-order valence-electron chi connectivity index (χ3n) is 7.18. The summed E-state index contributed by atoms with van der Waals surface area (Å²) in [5, 5.41) is 0. The number of hydrogen-bond donors (Lipinski definition) is 0. The van der Waals surface area contributed by atoms with Crippen LogP contribution in [0.5, 0.6) is 0 Å². The zero-order chi connectivity index (χ0) is 24.2. The summed E-state index contributed by atoms with van der Waals surface area (Å²) in [6, 6.07) is 17.5. The van der Waals surface area contributed by atoms with Crippen LogP contribution >= 0.6 is 0 Å². The summed E-state index contributed by atoms with van der Waals surface area (Å²) >= 11 is 0. The van der Waals surface area contributed by atoms with E-state index < -0.39 is 0 Å². The number of benzene rings is 2. The molecule has 1 saturated carbocycles. The van der Waals surface area contributed by atoms with Crippen molar-refractivity contribution in [3.05, 3.63) is 83.2 Å². The van der Waals surface area contributed by atoms with Crippen molar-refractivity contribution in [2.75, 3.05) is 0 Å². The Morgan fingerprint density at radius 2 is 1.29 bits per heavy atom. The van der Waals surface area contributed by atoms with Crippen LogP contribution in [-0.4, -0.2) is 9.97 Å². The van der Waals surface area contributed by atoms with E-state index in [0.29, 0.717) is 0 Å². The van der Waals surface area contributed by atoms with Crippen molar-refractivity contribution in [1.82, 2.24) is 9.97 Å². The molecule has 0 bridgehead atoms. The van der Waals surface area contributed by atoms with Crippen LogP contribution in [0.1, 0.15) is 99.8 Å². The van der Waals surface area contributed by atoms with E-state index in [1.165, 1.54) is 74.5 Å². The van der Waals surface area contributed by atoms with Crippen molar-refractivity contribution < 1.29 is 0 Å². The van der Waals surface area contributed by atoms with Gasteiger partial charge in [-0.25, -0.2) is 9.97 Å². The topological polar surface area (TPSA) is 25.8 Å². The first-order valence-electron chi connectivity index (χ1n) is 13.5. The number of aromatic nitrogens is 2. The Kier molecular flexibility index (Phi) is 10.8. The summed E-state index contributed by atoms with van der Waals surface area (Å²) in [6.07, 6.45) is 17.3. The molecule has 0 radical (unpaired) electrons. The van der Waals surface area contributed by atoms with Crippen LogP contribution in [0.25, 0.3) is 11.4 Å². The fraction of sp³-hybridized carbons (Fsp3) is 0.500. The van der Waals surface area contributed by atoms with E-state index in [1.54, 1.807) is 5.56 Å². The molecule has 182 valence electrons. The molecule has 34 heavy (non-hydrogen) atoms. The van der Waals surface area contributed by atoms with Crippen molar-refractivity contribution in [2.24, 2.45) is 5.92 Å². The first kappa shape index (κ1) is 26.1. The van der Waals surface area contributed by atoms with Gasteiger partial charge in [0.1, 0.15) is 0 Å². The first-order valence-corrected chi connectivity index (χ1v) is 13.5. The number of aryl methyl sites for hydroxylation is 3. The van der Waals surface area contributed by atoms with Gasteiger partial charge in [-0.15, -0.1) is 0 Å². The van der Waals surface area contributed by atoms with E-state index in [1.807, 2.05) is 12.4 Å². The van der Waals surface area contributed by atoms with E-state index >= 15 is 0 Å². The summed E-state index contributed by atoms with van der Waals surface area (Å²) in [7, 11) is 0. The molecule has 3 aromatic rings. The van der Waals surface area contributed by atoms with E-state index in [9.17, 15) is 0 Å². The van der Waals surface area contributed by atoms with Gasteiger partial charge in [-0.2, -0.15) is 0 Å². The second-order valence-corrected chi connectivity index (χ2v) is 10.2. The molecule has 4 rings (SSSR count). The Balaban J connectivity index is 0.000000192. The highest BCUT2D eigenvalue weighted by molar-refractivity contribution is 5.54. The maximum Gasteiger partial charge on any atom is 0.159 e. The van der Waals surface area contributed by atoms with Gasteiger partial charge in [0.2, 0.25) is 0 Å². The lowest BCUT2D eigenvalue weighted by Gasteiger charge is -2.28. The average Bonchev–Trinajstić information content (AvgIpc) is 2.87. The molecule has 0 atom stereocenters. The Labute approximate surface area is 208 Å². The molecular formula is C32H44N2. The second kappa shape index (κ2) is 14.0. The third-order valence-corrected chi connectivity index (χ3v) is 7.18. The summed E-state index contributed by atoms with van der Waals surface area (Å²) in [5.41, 5.74) is 6.53. The summed E-state index contributed by atoms with van der Waals surface area (Å²) < 4.78 is 0. The third kappa shape index (κ3) is 8.38. The highest BCUT2D eigenvalue weighted by Gasteiger charge is 2.21. The SMILES string of the molecule is CCCC1CCC(c2ccc(C)cc2)CC1.CCCCCc1cnc(-c2ccc(C)cc2)nc1. The lowest BCUT2D eigenvalue weighted by molar-refractivity contribution is 0.308. The minimum Gasteiger partial charge on any atom is -0.236 e. The van der Waals surface area contributed by atoms with Gasteiger partial charge in [0, 0.05) is 18.0 Å². The molecule has 2 aromatic carbocycles. The molecule has 0 aliphatic heterocycles. The highest BCUT2D eigenvalue weighted by Crippen LogP contribution is 2.37. The van der Waals surface area contributed by atoms with Gasteiger partial charge >= 0.3 is 0 Å². The Bertz CT molecular complexity index is 934. The maximum atomic E-state index is 4.45. The van der Waals surface area contributed by atoms with Gasteiger partial charge in [-0.3, -0.25) is 0 Å².